The summed E-state index contributed by atoms with van der Waals surface area (Å²) >= 11 is 2.01. The average Bonchev–Trinajstić information content (AvgIpc) is 2.26. The van der Waals surface area contributed by atoms with Crippen molar-refractivity contribution in [2.24, 2.45) is 5.41 Å². The van der Waals surface area contributed by atoms with Gasteiger partial charge in [0.05, 0.1) is 5.56 Å². The minimum Gasteiger partial charge on any atom is -0.507 e. The molecule has 0 fully saturated rings. The molecule has 0 radical (unpaired) electrons. The van der Waals surface area contributed by atoms with Crippen LogP contribution < -0.4 is 5.32 Å². The van der Waals surface area contributed by atoms with E-state index < -0.39 is 23.3 Å². The van der Waals surface area contributed by atoms with Gasteiger partial charge in [-0.2, -0.15) is 0 Å². The second-order valence-corrected chi connectivity index (χ2v) is 6.52. The summed E-state index contributed by atoms with van der Waals surface area (Å²) in [6, 6.07) is 3.54. The van der Waals surface area contributed by atoms with Crippen LogP contribution in [0.15, 0.2) is 18.2 Å². The van der Waals surface area contributed by atoms with Crippen molar-refractivity contribution in [3.8, 4) is 5.75 Å². The number of carboxylic acid groups (broad SMARTS) is 1. The maximum absolute atomic E-state index is 12.0. The van der Waals surface area contributed by atoms with Crippen LogP contribution in [0.1, 0.15) is 31.1 Å². The molecular weight excluding hydrogens is 361 g/mol. The van der Waals surface area contributed by atoms with Crippen LogP contribution in [0.4, 0.5) is 0 Å². The Kier molecular flexibility index (Phi) is 4.78. The molecule has 0 aliphatic heterocycles. The van der Waals surface area contributed by atoms with E-state index in [2.05, 4.69) is 5.32 Å². The van der Waals surface area contributed by atoms with Gasteiger partial charge >= 0.3 is 5.97 Å². The van der Waals surface area contributed by atoms with E-state index in [0.717, 1.165) is 3.57 Å². The van der Waals surface area contributed by atoms with E-state index in [0.29, 0.717) is 0 Å². The van der Waals surface area contributed by atoms with Gasteiger partial charge in [-0.25, -0.2) is 4.79 Å². The number of aromatic hydroxyl groups is 1. The van der Waals surface area contributed by atoms with E-state index >= 15 is 0 Å². The molecule has 0 aliphatic rings. The van der Waals surface area contributed by atoms with Crippen molar-refractivity contribution in [3.05, 3.63) is 27.3 Å². The van der Waals surface area contributed by atoms with Crippen molar-refractivity contribution in [1.82, 2.24) is 5.32 Å². The number of carbonyl (C=O) groups excluding carboxylic acids is 1. The number of phenolic OH excluding ortho intramolecular Hbond substituents is 1. The molecule has 1 amide bonds. The molecule has 1 aromatic rings. The Morgan fingerprint density at radius 1 is 1.32 bits per heavy atom. The first-order valence-electron chi connectivity index (χ1n) is 5.65. The molecule has 0 aliphatic carbocycles. The van der Waals surface area contributed by atoms with E-state index in [1.807, 2.05) is 22.6 Å². The summed E-state index contributed by atoms with van der Waals surface area (Å²) in [5.41, 5.74) is -0.554. The van der Waals surface area contributed by atoms with E-state index in [4.69, 9.17) is 5.11 Å². The lowest BCUT2D eigenvalue weighted by Crippen LogP contribution is -2.49. The first-order chi connectivity index (χ1) is 8.62. The Bertz CT molecular complexity index is 508. The second kappa shape index (κ2) is 5.77. The number of nitrogens with one attached hydrogen (secondary N) is 1. The molecule has 0 bridgehead atoms. The van der Waals surface area contributed by atoms with Crippen LogP contribution in [0.5, 0.6) is 5.75 Å². The number of halogens is 1. The Hall–Kier alpha value is -1.31. The number of carboxylic acids is 1. The van der Waals surface area contributed by atoms with Crippen LogP contribution >= 0.6 is 22.6 Å². The molecule has 0 spiro atoms. The fourth-order valence-electron chi connectivity index (χ4n) is 1.55. The van der Waals surface area contributed by atoms with Gasteiger partial charge in [-0.05, 0) is 46.2 Å². The Balaban J connectivity index is 3.01. The molecule has 1 rings (SSSR count). The maximum atomic E-state index is 12.0. The predicted molar refractivity (Wildman–Crippen MR) is 79.2 cm³/mol. The van der Waals surface area contributed by atoms with E-state index in [-0.39, 0.29) is 11.3 Å². The monoisotopic (exact) mass is 377 g/mol. The quantitative estimate of drug-likeness (QED) is 0.706. The second-order valence-electron chi connectivity index (χ2n) is 5.27. The zero-order valence-electron chi connectivity index (χ0n) is 10.9. The van der Waals surface area contributed by atoms with E-state index in [1.54, 1.807) is 26.8 Å². The molecular formula is C13H16INO4. The average molecular weight is 377 g/mol. The SMILES string of the molecule is CC(C)(C)[C@H](NC(=O)c1cc(I)ccc1O)C(=O)O. The number of aliphatic carboxylic acids is 1. The van der Waals surface area contributed by atoms with Gasteiger partial charge in [-0.1, -0.05) is 20.8 Å². The Labute approximate surface area is 125 Å². The van der Waals surface area contributed by atoms with Gasteiger partial charge in [0.25, 0.3) is 5.91 Å². The fourth-order valence-corrected chi connectivity index (χ4v) is 2.04. The third kappa shape index (κ3) is 4.09. The predicted octanol–water partition coefficient (Wildman–Crippen LogP) is 2.23. The van der Waals surface area contributed by atoms with Crippen molar-refractivity contribution >= 4 is 34.5 Å². The lowest BCUT2D eigenvalue weighted by atomic mass is 9.86. The van der Waals surface area contributed by atoms with Gasteiger partial charge in [0.2, 0.25) is 0 Å². The zero-order chi connectivity index (χ0) is 14.8. The molecule has 104 valence electrons. The zero-order valence-corrected chi connectivity index (χ0v) is 13.1. The third-order valence-corrected chi connectivity index (χ3v) is 3.26. The van der Waals surface area contributed by atoms with Crippen LogP contribution in [0, 0.1) is 8.99 Å². The standard InChI is InChI=1S/C13H16INO4/c1-13(2,3)10(12(18)19)15-11(17)8-6-7(14)4-5-9(8)16/h4-6,10,16H,1-3H3,(H,15,17)(H,18,19)/t10-/m1/s1. The summed E-state index contributed by atoms with van der Waals surface area (Å²) in [7, 11) is 0. The van der Waals surface area contributed by atoms with Crippen molar-refractivity contribution in [1.29, 1.82) is 0 Å². The van der Waals surface area contributed by atoms with Gasteiger partial charge in [0, 0.05) is 3.57 Å². The molecule has 0 unspecified atom stereocenters. The Morgan fingerprint density at radius 2 is 1.89 bits per heavy atom. The normalized spacial score (nSPS) is 12.8. The first kappa shape index (κ1) is 15.7. The van der Waals surface area contributed by atoms with Gasteiger partial charge in [-0.15, -0.1) is 0 Å². The Morgan fingerprint density at radius 3 is 2.37 bits per heavy atom. The smallest absolute Gasteiger partial charge is 0.326 e. The number of rotatable bonds is 3. The van der Waals surface area contributed by atoms with Crippen molar-refractivity contribution in [3.63, 3.8) is 0 Å². The van der Waals surface area contributed by atoms with Crippen LogP contribution in [0.25, 0.3) is 0 Å². The number of phenols is 1. The maximum Gasteiger partial charge on any atom is 0.326 e. The summed E-state index contributed by atoms with van der Waals surface area (Å²) in [6.45, 7) is 5.17. The van der Waals surface area contributed by atoms with E-state index in [1.165, 1.54) is 12.1 Å². The fraction of sp³-hybridized carbons (Fsp3) is 0.385. The summed E-state index contributed by atoms with van der Waals surface area (Å²) in [4.78, 5) is 23.2. The number of amides is 1. The lowest BCUT2D eigenvalue weighted by molar-refractivity contribution is -0.142. The molecule has 1 aromatic carbocycles. The minimum atomic E-state index is -1.11. The summed E-state index contributed by atoms with van der Waals surface area (Å²) in [5, 5.41) is 21.2. The van der Waals surface area contributed by atoms with Gasteiger partial charge < -0.3 is 15.5 Å². The van der Waals surface area contributed by atoms with Crippen LogP contribution in [0.3, 0.4) is 0 Å². The first-order valence-corrected chi connectivity index (χ1v) is 6.73. The van der Waals surface area contributed by atoms with Crippen molar-refractivity contribution in [2.45, 2.75) is 26.8 Å². The minimum absolute atomic E-state index is 0.0717. The van der Waals surface area contributed by atoms with Gasteiger partial charge in [0.15, 0.2) is 0 Å². The summed E-state index contributed by atoms with van der Waals surface area (Å²) in [6.07, 6.45) is 0. The number of hydrogen-bond donors (Lipinski definition) is 3. The summed E-state index contributed by atoms with van der Waals surface area (Å²) in [5.74, 6) is -1.87. The molecule has 0 saturated carbocycles. The topological polar surface area (TPSA) is 86.6 Å². The number of hydrogen-bond acceptors (Lipinski definition) is 3. The van der Waals surface area contributed by atoms with Crippen LogP contribution in [-0.2, 0) is 4.79 Å². The molecule has 0 saturated heterocycles. The molecule has 3 N–H and O–H groups in total. The van der Waals surface area contributed by atoms with Crippen molar-refractivity contribution in [2.75, 3.05) is 0 Å². The number of carbonyl (C=O) groups is 2. The molecule has 5 nitrogen and oxygen atoms in total. The molecule has 19 heavy (non-hydrogen) atoms. The highest BCUT2D eigenvalue weighted by atomic mass is 127. The van der Waals surface area contributed by atoms with E-state index in [9.17, 15) is 14.7 Å². The molecule has 1 atom stereocenters. The molecule has 0 aromatic heterocycles. The van der Waals surface area contributed by atoms with Crippen molar-refractivity contribution < 1.29 is 19.8 Å². The highest BCUT2D eigenvalue weighted by Crippen LogP contribution is 2.23. The number of benzene rings is 1. The van der Waals surface area contributed by atoms with Gasteiger partial charge in [0.1, 0.15) is 11.8 Å². The molecule has 0 heterocycles. The van der Waals surface area contributed by atoms with Gasteiger partial charge in [-0.3, -0.25) is 4.79 Å². The largest absolute Gasteiger partial charge is 0.507 e. The highest BCUT2D eigenvalue weighted by Gasteiger charge is 2.33. The summed E-state index contributed by atoms with van der Waals surface area (Å²) < 4.78 is 0.781. The lowest BCUT2D eigenvalue weighted by Gasteiger charge is -2.27. The third-order valence-electron chi connectivity index (χ3n) is 2.59. The van der Waals surface area contributed by atoms with Crippen LogP contribution in [-0.4, -0.2) is 28.1 Å². The molecule has 6 heteroatoms. The van der Waals surface area contributed by atoms with Crippen LogP contribution in [0.2, 0.25) is 0 Å². The highest BCUT2D eigenvalue weighted by molar-refractivity contribution is 14.1.